The highest BCUT2D eigenvalue weighted by molar-refractivity contribution is 5.94. The first-order valence-corrected chi connectivity index (χ1v) is 14.1. The van der Waals surface area contributed by atoms with E-state index >= 15 is 0 Å². The molecule has 1 aromatic heterocycles. The molecule has 210 valence electrons. The Morgan fingerprint density at radius 1 is 1.03 bits per heavy atom. The molecule has 8 heteroatoms. The van der Waals surface area contributed by atoms with Crippen molar-refractivity contribution in [2.75, 3.05) is 20.8 Å². The van der Waals surface area contributed by atoms with Crippen LogP contribution in [-0.4, -0.2) is 48.4 Å². The molecule has 0 saturated heterocycles. The molecule has 0 radical (unpaired) electrons. The Kier molecular flexibility index (Phi) is 11.0. The molecule has 1 aliphatic rings. The lowest BCUT2D eigenvalue weighted by atomic mass is 9.89. The molecule has 2 aromatic rings. The first kappa shape index (κ1) is 29.5. The van der Waals surface area contributed by atoms with Crippen LogP contribution in [0.5, 0.6) is 11.5 Å². The van der Waals surface area contributed by atoms with Gasteiger partial charge in [-0.15, -0.1) is 0 Å². The summed E-state index contributed by atoms with van der Waals surface area (Å²) in [4.78, 5) is 26.2. The standard InChI is InChI=1S/C30H46N4O4/c1-20(2)15-23(16-28(35)31-18-22-11-8-7-9-12-22)32-30(36)24-17-25(34(33-24)19-21(3)4)29-26(37-5)13-10-14-27(29)38-6/h10,13-14,17,20-23H,7-9,11-12,15-16,18-19H2,1-6H3,(H,31,35)(H,32,36). The summed E-state index contributed by atoms with van der Waals surface area (Å²) in [6, 6.07) is 7.12. The number of benzene rings is 1. The molecular formula is C30H46N4O4. The fourth-order valence-corrected chi connectivity index (χ4v) is 5.28. The predicted molar refractivity (Wildman–Crippen MR) is 151 cm³/mol. The SMILES string of the molecule is COc1cccc(OC)c1-c1cc(C(=O)NC(CC(=O)NCC2CCCCC2)CC(C)C)nn1CC(C)C. The van der Waals surface area contributed by atoms with Gasteiger partial charge >= 0.3 is 0 Å². The highest BCUT2D eigenvalue weighted by Crippen LogP contribution is 2.38. The second-order valence-electron chi connectivity index (χ2n) is 11.3. The normalized spacial score (nSPS) is 14.9. The number of amides is 2. The van der Waals surface area contributed by atoms with Gasteiger partial charge in [0.25, 0.3) is 5.91 Å². The van der Waals surface area contributed by atoms with Gasteiger partial charge in [0.1, 0.15) is 11.5 Å². The van der Waals surface area contributed by atoms with Gasteiger partial charge < -0.3 is 20.1 Å². The second-order valence-corrected chi connectivity index (χ2v) is 11.3. The second kappa shape index (κ2) is 14.2. The van der Waals surface area contributed by atoms with E-state index in [1.54, 1.807) is 20.3 Å². The molecule has 0 spiro atoms. The quantitative estimate of drug-likeness (QED) is 0.362. The lowest BCUT2D eigenvalue weighted by molar-refractivity contribution is -0.121. The molecule has 1 unspecified atom stereocenters. The number of ether oxygens (including phenoxy) is 2. The maximum atomic E-state index is 13.4. The molecule has 1 aliphatic carbocycles. The maximum Gasteiger partial charge on any atom is 0.272 e. The molecule has 1 fully saturated rings. The molecule has 0 aliphatic heterocycles. The van der Waals surface area contributed by atoms with Crippen molar-refractivity contribution < 1.29 is 19.1 Å². The van der Waals surface area contributed by atoms with Crippen LogP contribution in [0.3, 0.4) is 0 Å². The van der Waals surface area contributed by atoms with E-state index in [9.17, 15) is 9.59 Å². The number of rotatable bonds is 13. The predicted octanol–water partition coefficient (Wildman–Crippen LogP) is 5.45. The summed E-state index contributed by atoms with van der Waals surface area (Å²) in [6.07, 6.45) is 7.14. The molecule has 1 saturated carbocycles. The van der Waals surface area contributed by atoms with Gasteiger partial charge in [-0.1, -0.05) is 53.0 Å². The van der Waals surface area contributed by atoms with E-state index in [4.69, 9.17) is 9.47 Å². The van der Waals surface area contributed by atoms with Gasteiger partial charge in [0.2, 0.25) is 5.91 Å². The van der Waals surface area contributed by atoms with Crippen molar-refractivity contribution in [1.82, 2.24) is 20.4 Å². The monoisotopic (exact) mass is 526 g/mol. The summed E-state index contributed by atoms with van der Waals surface area (Å²) in [7, 11) is 3.23. The first-order chi connectivity index (χ1) is 18.2. The number of hydrogen-bond acceptors (Lipinski definition) is 5. The summed E-state index contributed by atoms with van der Waals surface area (Å²) < 4.78 is 13.1. The highest BCUT2D eigenvalue weighted by atomic mass is 16.5. The Morgan fingerprint density at radius 3 is 2.26 bits per heavy atom. The van der Waals surface area contributed by atoms with E-state index in [1.807, 2.05) is 22.9 Å². The number of carbonyl (C=O) groups excluding carboxylic acids is 2. The van der Waals surface area contributed by atoms with Crippen molar-refractivity contribution in [2.45, 2.75) is 85.2 Å². The third-order valence-corrected chi connectivity index (χ3v) is 7.07. The third kappa shape index (κ3) is 8.23. The number of carbonyl (C=O) groups is 2. The molecule has 2 amide bonds. The van der Waals surface area contributed by atoms with Crippen LogP contribution in [0.15, 0.2) is 24.3 Å². The Labute approximate surface area is 227 Å². The van der Waals surface area contributed by atoms with Crippen LogP contribution in [-0.2, 0) is 11.3 Å². The van der Waals surface area contributed by atoms with Crippen molar-refractivity contribution in [2.24, 2.45) is 17.8 Å². The number of hydrogen-bond donors (Lipinski definition) is 2. The topological polar surface area (TPSA) is 94.5 Å². The molecule has 1 aromatic carbocycles. The van der Waals surface area contributed by atoms with E-state index in [0.717, 1.165) is 17.8 Å². The molecular weight excluding hydrogens is 480 g/mol. The lowest BCUT2D eigenvalue weighted by Crippen LogP contribution is -2.41. The number of nitrogens with zero attached hydrogens (tertiary/aromatic N) is 2. The van der Waals surface area contributed by atoms with Crippen LogP contribution in [0.25, 0.3) is 11.3 Å². The smallest absolute Gasteiger partial charge is 0.272 e. The van der Waals surface area contributed by atoms with Gasteiger partial charge in [-0.25, -0.2) is 0 Å². The van der Waals surface area contributed by atoms with Gasteiger partial charge in [-0.2, -0.15) is 5.10 Å². The van der Waals surface area contributed by atoms with Crippen molar-refractivity contribution in [1.29, 1.82) is 0 Å². The minimum Gasteiger partial charge on any atom is -0.496 e. The molecule has 38 heavy (non-hydrogen) atoms. The van der Waals surface area contributed by atoms with Crippen LogP contribution >= 0.6 is 0 Å². The lowest BCUT2D eigenvalue weighted by Gasteiger charge is -2.23. The van der Waals surface area contributed by atoms with Gasteiger partial charge in [0.15, 0.2) is 5.69 Å². The minimum absolute atomic E-state index is 0.00805. The Morgan fingerprint density at radius 2 is 1.68 bits per heavy atom. The van der Waals surface area contributed by atoms with E-state index < -0.39 is 0 Å². The van der Waals surface area contributed by atoms with Crippen LogP contribution in [0.1, 0.15) is 83.1 Å². The highest BCUT2D eigenvalue weighted by Gasteiger charge is 2.25. The average Bonchev–Trinajstić information content (AvgIpc) is 3.29. The van der Waals surface area contributed by atoms with Crippen LogP contribution in [0.4, 0.5) is 0 Å². The third-order valence-electron chi connectivity index (χ3n) is 7.07. The Hall–Kier alpha value is -3.03. The van der Waals surface area contributed by atoms with E-state index in [0.29, 0.717) is 47.9 Å². The molecule has 8 nitrogen and oxygen atoms in total. The number of aromatic nitrogens is 2. The maximum absolute atomic E-state index is 13.4. The summed E-state index contributed by atoms with van der Waals surface area (Å²) in [5.74, 6) is 2.22. The van der Waals surface area contributed by atoms with Crippen LogP contribution in [0, 0.1) is 17.8 Å². The summed E-state index contributed by atoms with van der Waals surface area (Å²) in [5.41, 5.74) is 1.82. The van der Waals surface area contributed by atoms with Gasteiger partial charge in [-0.3, -0.25) is 14.3 Å². The van der Waals surface area contributed by atoms with Crippen molar-refractivity contribution >= 4 is 11.8 Å². The molecule has 1 heterocycles. The Balaban J connectivity index is 1.79. The van der Waals surface area contributed by atoms with Crippen molar-refractivity contribution in [3.8, 4) is 22.8 Å². The van der Waals surface area contributed by atoms with Crippen LogP contribution < -0.4 is 20.1 Å². The molecule has 3 rings (SSSR count). The van der Waals surface area contributed by atoms with Crippen LogP contribution in [0.2, 0.25) is 0 Å². The van der Waals surface area contributed by atoms with E-state index in [1.165, 1.54) is 32.1 Å². The number of methoxy groups -OCH3 is 2. The van der Waals surface area contributed by atoms with Crippen molar-refractivity contribution in [3.05, 3.63) is 30.0 Å². The van der Waals surface area contributed by atoms with E-state index in [-0.39, 0.29) is 24.3 Å². The fourth-order valence-electron chi connectivity index (χ4n) is 5.28. The molecule has 2 N–H and O–H groups in total. The zero-order valence-electron chi connectivity index (χ0n) is 24.0. The first-order valence-electron chi connectivity index (χ1n) is 14.1. The van der Waals surface area contributed by atoms with Gasteiger partial charge in [0, 0.05) is 25.6 Å². The van der Waals surface area contributed by atoms with E-state index in [2.05, 4.69) is 43.4 Å². The zero-order valence-corrected chi connectivity index (χ0v) is 24.0. The molecule has 0 bridgehead atoms. The Bertz CT molecular complexity index is 1030. The summed E-state index contributed by atoms with van der Waals surface area (Å²) in [5, 5.41) is 10.9. The van der Waals surface area contributed by atoms with Crippen molar-refractivity contribution in [3.63, 3.8) is 0 Å². The minimum atomic E-state index is -0.284. The van der Waals surface area contributed by atoms with Gasteiger partial charge in [0.05, 0.1) is 25.5 Å². The zero-order chi connectivity index (χ0) is 27.7. The average molecular weight is 527 g/mol. The molecule has 1 atom stereocenters. The summed E-state index contributed by atoms with van der Waals surface area (Å²) in [6.45, 7) is 9.77. The fraction of sp³-hybridized carbons (Fsp3) is 0.633. The van der Waals surface area contributed by atoms with Gasteiger partial charge in [-0.05, 0) is 55.2 Å². The summed E-state index contributed by atoms with van der Waals surface area (Å²) >= 11 is 0. The largest absolute Gasteiger partial charge is 0.496 e. The number of nitrogens with one attached hydrogen (secondary N) is 2.